The highest BCUT2D eigenvalue weighted by Crippen LogP contribution is 2.25. The number of hydrogen-bond acceptors (Lipinski definition) is 4. The van der Waals surface area contributed by atoms with Gasteiger partial charge in [0.15, 0.2) is 0 Å². The van der Waals surface area contributed by atoms with E-state index in [1.54, 1.807) is 6.07 Å². The van der Waals surface area contributed by atoms with E-state index in [4.69, 9.17) is 0 Å². The van der Waals surface area contributed by atoms with E-state index in [2.05, 4.69) is 33.5 Å². The van der Waals surface area contributed by atoms with Gasteiger partial charge in [-0.1, -0.05) is 6.92 Å². The number of phenols is 1. The van der Waals surface area contributed by atoms with Crippen molar-refractivity contribution in [2.45, 2.75) is 6.92 Å². The van der Waals surface area contributed by atoms with Gasteiger partial charge >= 0.3 is 0 Å². The zero-order chi connectivity index (χ0) is 13.7. The molecule has 0 unspecified atom stereocenters. The average molecular weight is 260 g/mol. The van der Waals surface area contributed by atoms with Gasteiger partial charge in [0, 0.05) is 37.9 Å². The molecule has 0 saturated carbocycles. The molecule has 102 valence electrons. The van der Waals surface area contributed by atoms with Crippen LogP contribution in [0.3, 0.4) is 0 Å². The van der Waals surface area contributed by atoms with Crippen LogP contribution >= 0.6 is 0 Å². The first-order valence-electron chi connectivity index (χ1n) is 6.59. The summed E-state index contributed by atoms with van der Waals surface area (Å²) in [6.45, 7) is 7.42. The first-order chi connectivity index (χ1) is 9.24. The molecule has 1 fully saturated rings. The molecule has 0 amide bonds. The van der Waals surface area contributed by atoms with Crippen molar-refractivity contribution < 1.29 is 9.84 Å². The third-order valence-corrected chi connectivity index (χ3v) is 3.45. The maximum absolute atomic E-state index is 9.95. The summed E-state index contributed by atoms with van der Waals surface area (Å²) in [6, 6.07) is 5.62. The van der Waals surface area contributed by atoms with Crippen molar-refractivity contribution in [3.05, 3.63) is 23.8 Å². The van der Waals surface area contributed by atoms with Crippen LogP contribution in [0.4, 0.5) is 5.69 Å². The summed E-state index contributed by atoms with van der Waals surface area (Å²) in [4.78, 5) is 4.72. The van der Waals surface area contributed by atoms with E-state index >= 15 is 0 Å². The zero-order valence-corrected chi connectivity index (χ0v) is 11.5. The molecule has 1 saturated heterocycles. The van der Waals surface area contributed by atoms with Crippen LogP contribution in [-0.4, -0.2) is 49.8 Å². The predicted molar refractivity (Wildman–Crippen MR) is 76.3 cm³/mol. The van der Waals surface area contributed by atoms with Gasteiger partial charge in [-0.15, -0.1) is 0 Å². The fourth-order valence-electron chi connectivity index (χ4n) is 2.25. The zero-order valence-electron chi connectivity index (χ0n) is 11.5. The maximum Gasteiger partial charge on any atom is 0.133 e. The van der Waals surface area contributed by atoms with Crippen LogP contribution in [-0.2, 0) is 4.74 Å². The predicted octanol–water partition coefficient (Wildman–Crippen LogP) is 1.49. The van der Waals surface area contributed by atoms with Gasteiger partial charge in [0.1, 0.15) is 11.9 Å². The molecule has 4 nitrogen and oxygen atoms in total. The Morgan fingerprint density at radius 2 is 2.00 bits per heavy atom. The van der Waals surface area contributed by atoms with Crippen LogP contribution in [0.1, 0.15) is 12.5 Å². The highest BCUT2D eigenvalue weighted by atomic mass is 16.5. The summed E-state index contributed by atoms with van der Waals surface area (Å²) in [5.74, 6) is 2.97. The monoisotopic (exact) mass is 260 g/mol. The number of anilines is 1. The quantitative estimate of drug-likeness (QED) is 0.817. The Labute approximate surface area is 114 Å². The molecule has 2 rings (SSSR count). The number of rotatable bonds is 2. The molecule has 1 aromatic carbocycles. The lowest BCUT2D eigenvalue weighted by atomic mass is 10.1. The van der Waals surface area contributed by atoms with E-state index in [1.165, 1.54) is 7.11 Å². The molecule has 0 spiro atoms. The Balaban J connectivity index is 2.08. The van der Waals surface area contributed by atoms with Gasteiger partial charge in [-0.25, -0.2) is 0 Å². The standard InChI is InChI=1S/C15H20N2O2/c1-3-16-7-9-17(10-8-16)14-5-4-13(6-11-19-2)15(18)12-14/h4-5,12,18H,3,7-10H2,1-2H3. The minimum absolute atomic E-state index is 0.208. The van der Waals surface area contributed by atoms with Crippen molar-refractivity contribution in [3.8, 4) is 17.8 Å². The van der Waals surface area contributed by atoms with E-state index < -0.39 is 0 Å². The lowest BCUT2D eigenvalue weighted by molar-refractivity contribution is 0.271. The van der Waals surface area contributed by atoms with Crippen molar-refractivity contribution in [2.24, 2.45) is 0 Å². The Morgan fingerprint density at radius 1 is 1.26 bits per heavy atom. The SMILES string of the molecule is CCN1CCN(c2ccc(C#COC)c(O)c2)CC1. The van der Waals surface area contributed by atoms with Crippen LogP contribution in [0, 0.1) is 12.0 Å². The molecular weight excluding hydrogens is 240 g/mol. The normalized spacial score (nSPS) is 15.8. The number of piperazine rings is 1. The van der Waals surface area contributed by atoms with Crippen LogP contribution in [0.2, 0.25) is 0 Å². The van der Waals surface area contributed by atoms with Crippen LogP contribution < -0.4 is 4.90 Å². The first-order valence-corrected chi connectivity index (χ1v) is 6.59. The van der Waals surface area contributed by atoms with Crippen molar-refractivity contribution in [3.63, 3.8) is 0 Å². The van der Waals surface area contributed by atoms with Crippen LogP contribution in [0.15, 0.2) is 18.2 Å². The second-order valence-electron chi connectivity index (χ2n) is 4.55. The molecule has 1 heterocycles. The maximum atomic E-state index is 9.95. The van der Waals surface area contributed by atoms with E-state index in [9.17, 15) is 5.11 Å². The van der Waals surface area contributed by atoms with Crippen LogP contribution in [0.5, 0.6) is 5.75 Å². The topological polar surface area (TPSA) is 35.9 Å². The van der Waals surface area contributed by atoms with Gasteiger partial charge in [0.25, 0.3) is 0 Å². The Bertz CT molecular complexity index is 483. The van der Waals surface area contributed by atoms with Gasteiger partial charge in [-0.2, -0.15) is 0 Å². The minimum Gasteiger partial charge on any atom is -0.507 e. The Kier molecular flexibility index (Phi) is 4.53. The average Bonchev–Trinajstić information content (AvgIpc) is 2.46. The first kappa shape index (κ1) is 13.6. The third-order valence-electron chi connectivity index (χ3n) is 3.45. The van der Waals surface area contributed by atoms with Gasteiger partial charge in [-0.3, -0.25) is 0 Å². The fraction of sp³-hybridized carbons (Fsp3) is 0.467. The van der Waals surface area contributed by atoms with Crippen LogP contribution in [0.25, 0.3) is 0 Å². The second-order valence-corrected chi connectivity index (χ2v) is 4.55. The summed E-state index contributed by atoms with van der Waals surface area (Å²) in [7, 11) is 1.51. The van der Waals surface area contributed by atoms with E-state index in [0.29, 0.717) is 5.56 Å². The fourth-order valence-corrected chi connectivity index (χ4v) is 2.25. The summed E-state index contributed by atoms with van der Waals surface area (Å²) in [5.41, 5.74) is 1.65. The van der Waals surface area contributed by atoms with E-state index in [-0.39, 0.29) is 5.75 Å². The van der Waals surface area contributed by atoms with E-state index in [0.717, 1.165) is 38.4 Å². The summed E-state index contributed by atoms with van der Waals surface area (Å²) in [6.07, 6.45) is 2.49. The smallest absolute Gasteiger partial charge is 0.133 e. The molecule has 0 radical (unpaired) electrons. The lowest BCUT2D eigenvalue weighted by Crippen LogP contribution is -2.46. The molecule has 1 aliphatic rings. The number of hydrogen-bond donors (Lipinski definition) is 1. The Morgan fingerprint density at radius 3 is 2.58 bits per heavy atom. The molecule has 0 aromatic heterocycles. The third kappa shape index (κ3) is 3.33. The minimum atomic E-state index is 0.208. The molecule has 1 aliphatic heterocycles. The number of benzene rings is 1. The number of likely N-dealkylation sites (N-methyl/N-ethyl adjacent to an activating group) is 1. The van der Waals surface area contributed by atoms with Crippen molar-refractivity contribution in [2.75, 3.05) is 44.7 Å². The van der Waals surface area contributed by atoms with E-state index in [1.807, 2.05) is 12.1 Å². The molecular formula is C15H20N2O2. The molecule has 0 bridgehead atoms. The van der Waals surface area contributed by atoms with Crippen molar-refractivity contribution in [1.82, 2.24) is 4.90 Å². The largest absolute Gasteiger partial charge is 0.507 e. The number of ether oxygens (including phenoxy) is 1. The molecule has 1 N–H and O–H groups in total. The van der Waals surface area contributed by atoms with Gasteiger partial charge < -0.3 is 19.6 Å². The highest BCUT2D eigenvalue weighted by molar-refractivity contribution is 5.57. The Hall–Kier alpha value is -1.86. The number of aromatic hydroxyl groups is 1. The molecule has 0 atom stereocenters. The number of methoxy groups -OCH3 is 1. The summed E-state index contributed by atoms with van der Waals surface area (Å²) >= 11 is 0. The van der Waals surface area contributed by atoms with Crippen molar-refractivity contribution >= 4 is 5.69 Å². The number of phenolic OH excluding ortho intramolecular Hbond substituents is 1. The number of nitrogens with zero attached hydrogens (tertiary/aromatic N) is 2. The molecule has 1 aromatic rings. The van der Waals surface area contributed by atoms with Gasteiger partial charge in [0.2, 0.25) is 0 Å². The van der Waals surface area contributed by atoms with Gasteiger partial charge in [-0.05, 0) is 24.6 Å². The highest BCUT2D eigenvalue weighted by Gasteiger charge is 2.16. The van der Waals surface area contributed by atoms with Gasteiger partial charge in [0.05, 0.1) is 12.7 Å². The lowest BCUT2D eigenvalue weighted by Gasteiger charge is -2.35. The molecule has 0 aliphatic carbocycles. The summed E-state index contributed by atoms with van der Waals surface area (Å²) < 4.78 is 4.68. The second kappa shape index (κ2) is 6.35. The summed E-state index contributed by atoms with van der Waals surface area (Å²) in [5, 5.41) is 9.95. The molecule has 19 heavy (non-hydrogen) atoms. The molecule has 4 heteroatoms. The van der Waals surface area contributed by atoms with Crippen molar-refractivity contribution in [1.29, 1.82) is 0 Å².